The Kier molecular flexibility index (Phi) is 6.93. The second-order valence-corrected chi connectivity index (χ2v) is 5.53. The van der Waals surface area contributed by atoms with Crippen molar-refractivity contribution in [3.8, 4) is 28.7 Å². The van der Waals surface area contributed by atoms with Crippen LogP contribution in [0.3, 0.4) is 0 Å². The zero-order valence-electron chi connectivity index (χ0n) is 15.4. The fourth-order valence-electron chi connectivity index (χ4n) is 2.40. The summed E-state index contributed by atoms with van der Waals surface area (Å²) in [6.45, 7) is 0.0698. The van der Waals surface area contributed by atoms with Crippen LogP contribution in [0, 0.1) is 0 Å². The van der Waals surface area contributed by atoms with Crippen LogP contribution in [0.25, 0.3) is 6.08 Å². The highest BCUT2D eigenvalue weighted by Gasteiger charge is 2.10. The number of carbonyl (C=O) groups excluding carboxylic acids is 1. The number of hydrogen-bond acceptors (Lipinski definition) is 7. The SMILES string of the molecule is COc1cc(OC)c(OC)cc1/C=C/COC(=O)Cc1ccc(O)c(O)c1. The van der Waals surface area contributed by atoms with Gasteiger partial charge in [0.25, 0.3) is 0 Å². The topological polar surface area (TPSA) is 94.5 Å². The third-order valence-electron chi connectivity index (χ3n) is 3.76. The number of aromatic hydroxyl groups is 2. The van der Waals surface area contributed by atoms with E-state index in [2.05, 4.69) is 0 Å². The van der Waals surface area contributed by atoms with E-state index in [-0.39, 0.29) is 24.5 Å². The molecule has 0 aliphatic heterocycles. The lowest BCUT2D eigenvalue weighted by atomic mass is 10.1. The summed E-state index contributed by atoms with van der Waals surface area (Å²) < 4.78 is 21.0. The van der Waals surface area contributed by atoms with Gasteiger partial charge in [-0.15, -0.1) is 0 Å². The minimum atomic E-state index is -0.455. The molecule has 2 N–H and O–H groups in total. The van der Waals surface area contributed by atoms with Gasteiger partial charge < -0.3 is 29.2 Å². The first-order chi connectivity index (χ1) is 13.0. The lowest BCUT2D eigenvalue weighted by Gasteiger charge is -2.12. The molecule has 0 amide bonds. The van der Waals surface area contributed by atoms with Crippen LogP contribution in [0.2, 0.25) is 0 Å². The van der Waals surface area contributed by atoms with Crippen molar-refractivity contribution in [3.05, 3.63) is 47.5 Å². The molecule has 0 fully saturated rings. The molecule has 0 saturated heterocycles. The first-order valence-electron chi connectivity index (χ1n) is 8.11. The number of ether oxygens (including phenoxy) is 4. The molecule has 0 saturated carbocycles. The van der Waals surface area contributed by atoms with Gasteiger partial charge in [-0.25, -0.2) is 0 Å². The number of phenolic OH excluding ortho intramolecular Hbond substituents is 2. The van der Waals surface area contributed by atoms with Crippen molar-refractivity contribution in [2.45, 2.75) is 6.42 Å². The molecule has 144 valence electrons. The normalized spacial score (nSPS) is 10.6. The molecule has 2 aromatic rings. The molecule has 0 atom stereocenters. The second-order valence-electron chi connectivity index (χ2n) is 5.53. The number of esters is 1. The van der Waals surface area contributed by atoms with Crippen LogP contribution in [0.1, 0.15) is 11.1 Å². The van der Waals surface area contributed by atoms with Crippen molar-refractivity contribution in [3.63, 3.8) is 0 Å². The monoisotopic (exact) mass is 374 g/mol. The van der Waals surface area contributed by atoms with E-state index in [1.807, 2.05) is 0 Å². The average molecular weight is 374 g/mol. The van der Waals surface area contributed by atoms with E-state index in [9.17, 15) is 15.0 Å². The molecule has 27 heavy (non-hydrogen) atoms. The summed E-state index contributed by atoms with van der Waals surface area (Å²) in [7, 11) is 4.63. The van der Waals surface area contributed by atoms with Gasteiger partial charge in [0, 0.05) is 11.6 Å². The fraction of sp³-hybridized carbons (Fsp3) is 0.250. The highest BCUT2D eigenvalue weighted by Crippen LogP contribution is 2.35. The highest BCUT2D eigenvalue weighted by molar-refractivity contribution is 5.73. The molecule has 0 aliphatic rings. The molecular formula is C20H22O7. The van der Waals surface area contributed by atoms with E-state index >= 15 is 0 Å². The Morgan fingerprint density at radius 3 is 2.22 bits per heavy atom. The van der Waals surface area contributed by atoms with Gasteiger partial charge in [-0.2, -0.15) is 0 Å². The van der Waals surface area contributed by atoms with Gasteiger partial charge >= 0.3 is 5.97 Å². The summed E-state index contributed by atoms with van der Waals surface area (Å²) in [5.41, 5.74) is 1.29. The molecule has 0 aliphatic carbocycles. The molecule has 0 bridgehead atoms. The van der Waals surface area contributed by atoms with Crippen molar-refractivity contribution in [1.82, 2.24) is 0 Å². The summed E-state index contributed by atoms with van der Waals surface area (Å²) in [5.74, 6) is 0.732. The Morgan fingerprint density at radius 2 is 1.59 bits per heavy atom. The minimum absolute atomic E-state index is 0.0125. The summed E-state index contributed by atoms with van der Waals surface area (Å²) >= 11 is 0. The molecule has 7 heteroatoms. The van der Waals surface area contributed by atoms with Crippen molar-refractivity contribution in [2.75, 3.05) is 27.9 Å². The van der Waals surface area contributed by atoms with Crippen molar-refractivity contribution in [2.24, 2.45) is 0 Å². The van der Waals surface area contributed by atoms with E-state index in [0.717, 1.165) is 5.56 Å². The lowest BCUT2D eigenvalue weighted by molar-refractivity contribution is -0.141. The molecule has 2 rings (SSSR count). The molecule has 2 aromatic carbocycles. The van der Waals surface area contributed by atoms with E-state index in [1.54, 1.807) is 51.7 Å². The quantitative estimate of drug-likeness (QED) is 0.542. The Labute approximate surface area is 157 Å². The first kappa shape index (κ1) is 20.0. The molecule has 0 spiro atoms. The highest BCUT2D eigenvalue weighted by atomic mass is 16.5. The number of methoxy groups -OCH3 is 3. The Morgan fingerprint density at radius 1 is 0.926 bits per heavy atom. The number of benzene rings is 2. The molecule has 0 unspecified atom stereocenters. The van der Waals surface area contributed by atoms with Gasteiger partial charge in [0.2, 0.25) is 0 Å². The summed E-state index contributed by atoms with van der Waals surface area (Å²) in [5, 5.41) is 18.7. The lowest BCUT2D eigenvalue weighted by Crippen LogP contribution is -2.07. The van der Waals surface area contributed by atoms with Crippen LogP contribution < -0.4 is 14.2 Å². The van der Waals surface area contributed by atoms with Crippen molar-refractivity contribution in [1.29, 1.82) is 0 Å². The zero-order valence-corrected chi connectivity index (χ0v) is 15.4. The Balaban J connectivity index is 1.96. The van der Waals surface area contributed by atoms with Crippen LogP contribution >= 0.6 is 0 Å². The van der Waals surface area contributed by atoms with Crippen molar-refractivity contribution >= 4 is 12.0 Å². The number of hydrogen-bond donors (Lipinski definition) is 2. The van der Waals surface area contributed by atoms with Crippen LogP contribution in [-0.2, 0) is 16.0 Å². The van der Waals surface area contributed by atoms with Gasteiger partial charge in [0.05, 0.1) is 27.8 Å². The molecule has 7 nitrogen and oxygen atoms in total. The summed E-state index contributed by atoms with van der Waals surface area (Å²) in [6, 6.07) is 7.65. The average Bonchev–Trinajstić information content (AvgIpc) is 2.67. The summed E-state index contributed by atoms with van der Waals surface area (Å²) in [4.78, 5) is 11.9. The van der Waals surface area contributed by atoms with Crippen LogP contribution in [0.15, 0.2) is 36.4 Å². The van der Waals surface area contributed by atoms with Crippen LogP contribution in [-0.4, -0.2) is 44.1 Å². The molecule has 0 aromatic heterocycles. The van der Waals surface area contributed by atoms with E-state index < -0.39 is 5.97 Å². The number of rotatable bonds is 8. The maximum Gasteiger partial charge on any atom is 0.310 e. The predicted octanol–water partition coefficient (Wildman–Crippen LogP) is 2.92. The van der Waals surface area contributed by atoms with Crippen molar-refractivity contribution < 1.29 is 34.0 Å². The van der Waals surface area contributed by atoms with E-state index in [1.165, 1.54) is 12.1 Å². The molecular weight excluding hydrogens is 352 g/mol. The van der Waals surface area contributed by atoms with Crippen LogP contribution in [0.4, 0.5) is 0 Å². The Bertz CT molecular complexity index is 827. The first-order valence-corrected chi connectivity index (χ1v) is 8.11. The maximum absolute atomic E-state index is 11.9. The summed E-state index contributed by atoms with van der Waals surface area (Å²) in [6.07, 6.45) is 3.41. The minimum Gasteiger partial charge on any atom is -0.504 e. The van der Waals surface area contributed by atoms with Gasteiger partial charge in [-0.3, -0.25) is 4.79 Å². The largest absolute Gasteiger partial charge is 0.504 e. The van der Waals surface area contributed by atoms with Gasteiger partial charge in [0.1, 0.15) is 12.4 Å². The number of phenols is 2. The standard InChI is InChI=1S/C20H22O7/c1-24-17-12-19(26-3)18(25-2)11-14(17)5-4-8-27-20(23)10-13-6-7-15(21)16(22)9-13/h4-7,9,11-12,21-22H,8,10H2,1-3H3/b5-4+. The molecule has 0 heterocycles. The van der Waals surface area contributed by atoms with E-state index in [0.29, 0.717) is 22.8 Å². The molecule has 0 radical (unpaired) electrons. The smallest absolute Gasteiger partial charge is 0.310 e. The fourth-order valence-corrected chi connectivity index (χ4v) is 2.40. The number of carbonyl (C=O) groups is 1. The van der Waals surface area contributed by atoms with Gasteiger partial charge in [-0.05, 0) is 29.8 Å². The third kappa shape index (κ3) is 5.31. The Hall–Kier alpha value is -3.35. The predicted molar refractivity (Wildman–Crippen MR) is 99.6 cm³/mol. The third-order valence-corrected chi connectivity index (χ3v) is 3.76. The zero-order chi connectivity index (χ0) is 19.8. The van der Waals surface area contributed by atoms with Gasteiger partial charge in [0.15, 0.2) is 23.0 Å². The second kappa shape index (κ2) is 9.38. The van der Waals surface area contributed by atoms with Crippen LogP contribution in [0.5, 0.6) is 28.7 Å². The van der Waals surface area contributed by atoms with Gasteiger partial charge in [-0.1, -0.05) is 12.1 Å². The maximum atomic E-state index is 11.9. The van der Waals surface area contributed by atoms with E-state index in [4.69, 9.17) is 18.9 Å².